The van der Waals surface area contributed by atoms with Crippen LogP contribution in [0.5, 0.6) is 11.5 Å². The topological polar surface area (TPSA) is 109 Å². The van der Waals surface area contributed by atoms with Gasteiger partial charge in [-0.05, 0) is 54.3 Å². The first-order valence-electron chi connectivity index (χ1n) is 10.6. The van der Waals surface area contributed by atoms with E-state index in [1.54, 1.807) is 30.3 Å². The molecule has 1 amide bonds. The number of nitrogens with zero attached hydrogens (tertiary/aromatic N) is 1. The Morgan fingerprint density at radius 3 is 2.47 bits per heavy atom. The zero-order valence-corrected chi connectivity index (χ0v) is 18.0. The van der Waals surface area contributed by atoms with E-state index in [0.717, 1.165) is 31.2 Å². The number of amides is 1. The van der Waals surface area contributed by atoms with E-state index >= 15 is 0 Å². The van der Waals surface area contributed by atoms with Crippen LogP contribution in [0.4, 0.5) is 0 Å². The SMILES string of the molecule is COc1cc(/C=C(/C#N)C(=O)NC2CCCCC2)ccc1OCc1ccc(C(=O)O)cc1. The predicted octanol–water partition coefficient (Wildman–Crippen LogP) is 4.33. The third-order valence-corrected chi connectivity index (χ3v) is 5.40. The zero-order valence-electron chi connectivity index (χ0n) is 18.0. The summed E-state index contributed by atoms with van der Waals surface area (Å²) in [5.41, 5.74) is 1.72. The molecule has 1 fully saturated rings. The Labute approximate surface area is 187 Å². The van der Waals surface area contributed by atoms with Crippen LogP contribution in [-0.2, 0) is 11.4 Å². The van der Waals surface area contributed by atoms with Crippen molar-refractivity contribution in [1.29, 1.82) is 5.26 Å². The zero-order chi connectivity index (χ0) is 22.9. The first-order chi connectivity index (χ1) is 15.5. The summed E-state index contributed by atoms with van der Waals surface area (Å²) in [7, 11) is 1.51. The van der Waals surface area contributed by atoms with Crippen molar-refractivity contribution in [1.82, 2.24) is 5.32 Å². The van der Waals surface area contributed by atoms with E-state index in [4.69, 9.17) is 14.6 Å². The van der Waals surface area contributed by atoms with Gasteiger partial charge in [-0.3, -0.25) is 4.79 Å². The number of hydrogen-bond acceptors (Lipinski definition) is 5. The molecule has 0 heterocycles. The molecule has 1 saturated carbocycles. The number of benzene rings is 2. The van der Waals surface area contributed by atoms with Crippen molar-refractivity contribution in [2.75, 3.05) is 7.11 Å². The van der Waals surface area contributed by atoms with Gasteiger partial charge in [-0.2, -0.15) is 5.26 Å². The molecule has 2 N–H and O–H groups in total. The number of carboxylic acids is 1. The molecule has 0 saturated heterocycles. The average Bonchev–Trinajstić information content (AvgIpc) is 2.82. The fourth-order valence-electron chi connectivity index (χ4n) is 3.62. The Morgan fingerprint density at radius 2 is 1.84 bits per heavy atom. The Bertz CT molecular complexity index is 1030. The molecule has 32 heavy (non-hydrogen) atoms. The lowest BCUT2D eigenvalue weighted by atomic mass is 9.95. The van der Waals surface area contributed by atoms with Crippen LogP contribution >= 0.6 is 0 Å². The van der Waals surface area contributed by atoms with E-state index in [0.29, 0.717) is 17.1 Å². The number of methoxy groups -OCH3 is 1. The summed E-state index contributed by atoms with van der Waals surface area (Å²) in [5, 5.41) is 21.4. The van der Waals surface area contributed by atoms with Crippen LogP contribution < -0.4 is 14.8 Å². The van der Waals surface area contributed by atoms with Crippen LogP contribution in [0.15, 0.2) is 48.0 Å². The van der Waals surface area contributed by atoms with Gasteiger partial charge >= 0.3 is 5.97 Å². The van der Waals surface area contributed by atoms with Gasteiger partial charge in [0.2, 0.25) is 0 Å². The van der Waals surface area contributed by atoms with Gasteiger partial charge in [0.1, 0.15) is 18.2 Å². The third kappa shape index (κ3) is 6.11. The highest BCUT2D eigenvalue weighted by molar-refractivity contribution is 6.01. The summed E-state index contributed by atoms with van der Waals surface area (Å²) in [6, 6.07) is 13.7. The number of hydrogen-bond donors (Lipinski definition) is 2. The van der Waals surface area contributed by atoms with E-state index < -0.39 is 5.97 Å². The number of nitriles is 1. The first kappa shape index (κ1) is 22.9. The second kappa shape index (κ2) is 11.0. The van der Waals surface area contributed by atoms with Crippen molar-refractivity contribution in [3.05, 3.63) is 64.7 Å². The normalized spacial score (nSPS) is 14.3. The van der Waals surface area contributed by atoms with Crippen LogP contribution in [0.2, 0.25) is 0 Å². The monoisotopic (exact) mass is 434 g/mol. The third-order valence-electron chi connectivity index (χ3n) is 5.40. The van der Waals surface area contributed by atoms with Crippen LogP contribution in [-0.4, -0.2) is 30.1 Å². The molecule has 7 heteroatoms. The molecular formula is C25H26N2O5. The van der Waals surface area contributed by atoms with Gasteiger partial charge in [0.25, 0.3) is 5.91 Å². The van der Waals surface area contributed by atoms with Crippen LogP contribution in [0.25, 0.3) is 6.08 Å². The maximum absolute atomic E-state index is 12.5. The van der Waals surface area contributed by atoms with E-state index in [2.05, 4.69) is 5.32 Å². The molecule has 1 aliphatic carbocycles. The molecule has 0 radical (unpaired) electrons. The molecule has 1 aliphatic rings. The number of carbonyl (C=O) groups is 2. The minimum atomic E-state index is -0.980. The van der Waals surface area contributed by atoms with E-state index in [1.165, 1.54) is 31.7 Å². The standard InChI is InChI=1S/C25H26N2O5/c1-31-23-14-18(13-20(15-26)24(28)27-21-5-3-2-4-6-21)9-12-22(23)32-16-17-7-10-19(11-8-17)25(29)30/h7-14,21H,2-6,16H2,1H3,(H,27,28)(H,29,30)/b20-13-. The number of rotatable bonds is 8. The molecule has 3 rings (SSSR count). The number of carbonyl (C=O) groups excluding carboxylic acids is 1. The molecule has 0 unspecified atom stereocenters. The maximum atomic E-state index is 12.5. The molecule has 7 nitrogen and oxygen atoms in total. The van der Waals surface area contributed by atoms with E-state index in [1.807, 2.05) is 6.07 Å². The minimum Gasteiger partial charge on any atom is -0.493 e. The summed E-state index contributed by atoms with van der Waals surface area (Å²) in [5.74, 6) is -0.376. The number of aromatic carboxylic acids is 1. The largest absolute Gasteiger partial charge is 0.493 e. The van der Waals surface area contributed by atoms with Crippen LogP contribution in [0, 0.1) is 11.3 Å². The lowest BCUT2D eigenvalue weighted by Crippen LogP contribution is -2.36. The quantitative estimate of drug-likeness (QED) is 0.473. The Hall–Kier alpha value is -3.79. The van der Waals surface area contributed by atoms with Crippen molar-refractivity contribution >= 4 is 18.0 Å². The molecule has 0 spiro atoms. The molecule has 0 atom stereocenters. The van der Waals surface area contributed by atoms with E-state index in [9.17, 15) is 14.9 Å². The van der Waals surface area contributed by atoms with Gasteiger partial charge in [0.05, 0.1) is 12.7 Å². The van der Waals surface area contributed by atoms with E-state index in [-0.39, 0.29) is 29.7 Å². The summed E-state index contributed by atoms with van der Waals surface area (Å²) < 4.78 is 11.2. The van der Waals surface area contributed by atoms with Crippen LogP contribution in [0.3, 0.4) is 0 Å². The predicted molar refractivity (Wildman–Crippen MR) is 119 cm³/mol. The molecule has 2 aromatic carbocycles. The summed E-state index contributed by atoms with van der Waals surface area (Å²) in [6.45, 7) is 0.235. The lowest BCUT2D eigenvalue weighted by molar-refractivity contribution is -0.117. The highest BCUT2D eigenvalue weighted by Gasteiger charge is 2.18. The molecule has 166 valence electrons. The van der Waals surface area contributed by atoms with Crippen molar-refractivity contribution < 1.29 is 24.2 Å². The molecule has 0 bridgehead atoms. The van der Waals surface area contributed by atoms with Crippen molar-refractivity contribution in [3.63, 3.8) is 0 Å². The van der Waals surface area contributed by atoms with Gasteiger partial charge in [0, 0.05) is 6.04 Å². The molecule has 0 aliphatic heterocycles. The maximum Gasteiger partial charge on any atom is 0.335 e. The highest BCUT2D eigenvalue weighted by atomic mass is 16.5. The fraction of sp³-hybridized carbons (Fsp3) is 0.320. The smallest absolute Gasteiger partial charge is 0.335 e. The summed E-state index contributed by atoms with van der Waals surface area (Å²) in [4.78, 5) is 23.4. The van der Waals surface area contributed by atoms with Gasteiger partial charge in [-0.1, -0.05) is 37.5 Å². The van der Waals surface area contributed by atoms with Crippen molar-refractivity contribution in [2.24, 2.45) is 0 Å². The second-order valence-corrected chi connectivity index (χ2v) is 7.68. The fourth-order valence-corrected chi connectivity index (χ4v) is 3.62. The number of carboxylic acid groups (broad SMARTS) is 1. The van der Waals surface area contributed by atoms with Crippen molar-refractivity contribution in [3.8, 4) is 17.6 Å². The number of nitrogens with one attached hydrogen (secondary N) is 1. The summed E-state index contributed by atoms with van der Waals surface area (Å²) >= 11 is 0. The number of ether oxygens (including phenoxy) is 2. The van der Waals surface area contributed by atoms with Gasteiger partial charge in [-0.15, -0.1) is 0 Å². The Morgan fingerprint density at radius 1 is 1.12 bits per heavy atom. The summed E-state index contributed by atoms with van der Waals surface area (Å²) in [6.07, 6.45) is 6.81. The van der Waals surface area contributed by atoms with Crippen molar-refractivity contribution in [2.45, 2.75) is 44.8 Å². The highest BCUT2D eigenvalue weighted by Crippen LogP contribution is 2.30. The van der Waals surface area contributed by atoms with Crippen LogP contribution in [0.1, 0.15) is 53.6 Å². The van der Waals surface area contributed by atoms with Gasteiger partial charge in [-0.25, -0.2) is 4.79 Å². The molecule has 2 aromatic rings. The molecule has 0 aromatic heterocycles. The molecular weight excluding hydrogens is 408 g/mol. The second-order valence-electron chi connectivity index (χ2n) is 7.68. The Kier molecular flexibility index (Phi) is 7.87. The van der Waals surface area contributed by atoms with Gasteiger partial charge in [0.15, 0.2) is 11.5 Å². The lowest BCUT2D eigenvalue weighted by Gasteiger charge is -2.22. The first-order valence-corrected chi connectivity index (χ1v) is 10.6. The average molecular weight is 434 g/mol. The minimum absolute atomic E-state index is 0.0461. The Balaban J connectivity index is 1.68. The van der Waals surface area contributed by atoms with Gasteiger partial charge < -0.3 is 19.9 Å².